The van der Waals surface area contributed by atoms with E-state index in [1.807, 2.05) is 65.6 Å². The number of ether oxygens (including phenoxy) is 1. The predicted molar refractivity (Wildman–Crippen MR) is 120 cm³/mol. The Bertz CT molecular complexity index is 922. The van der Waals surface area contributed by atoms with Gasteiger partial charge in [0.15, 0.2) is 5.17 Å². The molecule has 5 heteroatoms. The Hall–Kier alpha value is -2.53. The van der Waals surface area contributed by atoms with Gasteiger partial charge in [0, 0.05) is 6.04 Å². The summed E-state index contributed by atoms with van der Waals surface area (Å²) in [6, 6.07) is 17.9. The van der Waals surface area contributed by atoms with Crippen molar-refractivity contribution in [2.75, 3.05) is 7.11 Å². The molecular weight excluding hydrogens is 380 g/mol. The van der Waals surface area contributed by atoms with E-state index in [1.54, 1.807) is 7.11 Å². The first kappa shape index (κ1) is 19.8. The number of hydrogen-bond acceptors (Lipinski definition) is 4. The molecule has 1 saturated carbocycles. The topological polar surface area (TPSA) is 41.9 Å². The Morgan fingerprint density at radius 3 is 2.48 bits per heavy atom. The molecule has 150 valence electrons. The number of carbonyl (C=O) groups excluding carboxylic acids is 1. The van der Waals surface area contributed by atoms with Crippen molar-refractivity contribution in [3.63, 3.8) is 0 Å². The molecule has 1 heterocycles. The maximum absolute atomic E-state index is 13.4. The van der Waals surface area contributed by atoms with Crippen molar-refractivity contribution < 1.29 is 9.53 Å². The molecular formula is C24H26N2O2S. The van der Waals surface area contributed by atoms with Crippen LogP contribution < -0.4 is 4.74 Å². The monoisotopic (exact) mass is 406 g/mol. The number of methoxy groups -OCH3 is 1. The summed E-state index contributed by atoms with van der Waals surface area (Å²) in [5.74, 6) is 1.36. The van der Waals surface area contributed by atoms with Crippen LogP contribution in [0, 0.1) is 5.92 Å². The minimum absolute atomic E-state index is 0.0687. The molecule has 1 saturated heterocycles. The maximum Gasteiger partial charge on any atom is 0.267 e. The van der Waals surface area contributed by atoms with Gasteiger partial charge in [0.1, 0.15) is 5.75 Å². The van der Waals surface area contributed by atoms with E-state index in [2.05, 4.69) is 6.92 Å². The van der Waals surface area contributed by atoms with Crippen molar-refractivity contribution >= 4 is 34.6 Å². The zero-order valence-electron chi connectivity index (χ0n) is 16.9. The number of rotatable bonds is 4. The molecule has 2 fully saturated rings. The summed E-state index contributed by atoms with van der Waals surface area (Å²) in [5, 5.41) is 0.791. The zero-order valence-corrected chi connectivity index (χ0v) is 17.7. The summed E-state index contributed by atoms with van der Waals surface area (Å²) in [5.41, 5.74) is 1.86. The van der Waals surface area contributed by atoms with Gasteiger partial charge in [-0.2, -0.15) is 0 Å². The minimum Gasteiger partial charge on any atom is -0.497 e. The average Bonchev–Trinajstić information content (AvgIpc) is 3.04. The Labute approximate surface area is 176 Å². The molecule has 0 N–H and O–H groups in total. The fourth-order valence-electron chi connectivity index (χ4n) is 4.00. The minimum atomic E-state index is 0.0687. The molecule has 29 heavy (non-hydrogen) atoms. The second-order valence-corrected chi connectivity index (χ2v) is 8.63. The maximum atomic E-state index is 13.4. The van der Waals surface area contributed by atoms with Gasteiger partial charge in [-0.1, -0.05) is 50.1 Å². The smallest absolute Gasteiger partial charge is 0.267 e. The van der Waals surface area contributed by atoms with Crippen LogP contribution in [0.1, 0.15) is 38.2 Å². The lowest BCUT2D eigenvalue weighted by Gasteiger charge is -2.35. The number of thioether (sulfide) groups is 1. The Balaban J connectivity index is 1.69. The molecule has 2 atom stereocenters. The summed E-state index contributed by atoms with van der Waals surface area (Å²) in [4.78, 5) is 20.9. The van der Waals surface area contributed by atoms with Crippen LogP contribution in [-0.4, -0.2) is 29.1 Å². The highest BCUT2D eigenvalue weighted by atomic mass is 32.2. The third-order valence-corrected chi connectivity index (χ3v) is 6.61. The lowest BCUT2D eigenvalue weighted by Crippen LogP contribution is -2.44. The van der Waals surface area contributed by atoms with Gasteiger partial charge in [-0.05, 0) is 66.4 Å². The molecule has 4 rings (SSSR count). The van der Waals surface area contributed by atoms with Crippen molar-refractivity contribution in [3.05, 3.63) is 65.1 Å². The normalized spacial score (nSPS) is 25.0. The first-order valence-corrected chi connectivity index (χ1v) is 11.0. The number of nitrogens with zero attached hydrogens (tertiary/aromatic N) is 2. The van der Waals surface area contributed by atoms with Crippen LogP contribution in [0.15, 0.2) is 64.5 Å². The third kappa shape index (κ3) is 4.40. The lowest BCUT2D eigenvalue weighted by molar-refractivity contribution is -0.124. The fraction of sp³-hybridized carbons (Fsp3) is 0.333. The molecule has 1 amide bonds. The molecule has 4 nitrogen and oxygen atoms in total. The van der Waals surface area contributed by atoms with Crippen LogP contribution in [0.25, 0.3) is 6.08 Å². The van der Waals surface area contributed by atoms with Crippen molar-refractivity contribution in [2.24, 2.45) is 10.9 Å². The van der Waals surface area contributed by atoms with Crippen molar-refractivity contribution in [3.8, 4) is 5.75 Å². The van der Waals surface area contributed by atoms with Gasteiger partial charge in [-0.3, -0.25) is 9.69 Å². The average molecular weight is 407 g/mol. The molecule has 2 aromatic rings. The summed E-state index contributed by atoms with van der Waals surface area (Å²) in [6.07, 6.45) is 6.57. The van der Waals surface area contributed by atoms with E-state index in [1.165, 1.54) is 24.6 Å². The van der Waals surface area contributed by atoms with Crippen LogP contribution in [0.5, 0.6) is 5.75 Å². The van der Waals surface area contributed by atoms with Crippen LogP contribution in [0.2, 0.25) is 0 Å². The van der Waals surface area contributed by atoms with E-state index in [9.17, 15) is 4.79 Å². The van der Waals surface area contributed by atoms with Crippen LogP contribution in [0.3, 0.4) is 0 Å². The summed E-state index contributed by atoms with van der Waals surface area (Å²) in [6.45, 7) is 2.26. The van der Waals surface area contributed by atoms with Crippen molar-refractivity contribution in [1.29, 1.82) is 0 Å². The molecule has 2 aromatic carbocycles. The largest absolute Gasteiger partial charge is 0.497 e. The predicted octanol–water partition coefficient (Wildman–Crippen LogP) is 5.88. The van der Waals surface area contributed by atoms with Crippen molar-refractivity contribution in [2.45, 2.75) is 38.6 Å². The SMILES string of the molecule is COc1ccc(/C=C2\SC(=Nc3ccccc3)N([C@H]3CCCC[C@@H]3C)C2=O)cc1. The van der Waals surface area contributed by atoms with Crippen molar-refractivity contribution in [1.82, 2.24) is 4.90 Å². The Morgan fingerprint density at radius 1 is 1.07 bits per heavy atom. The van der Waals surface area contributed by atoms with E-state index in [0.29, 0.717) is 5.92 Å². The van der Waals surface area contributed by atoms with E-state index in [-0.39, 0.29) is 11.9 Å². The second kappa shape index (κ2) is 8.87. The van der Waals surface area contributed by atoms with Gasteiger partial charge in [0.05, 0.1) is 17.7 Å². The second-order valence-electron chi connectivity index (χ2n) is 7.62. The first-order valence-electron chi connectivity index (χ1n) is 10.2. The Morgan fingerprint density at radius 2 is 1.79 bits per heavy atom. The highest BCUT2D eigenvalue weighted by molar-refractivity contribution is 8.18. The molecule has 0 radical (unpaired) electrons. The molecule has 2 aliphatic rings. The molecule has 0 spiro atoms. The third-order valence-electron chi connectivity index (χ3n) is 5.63. The van der Waals surface area contributed by atoms with Crippen LogP contribution in [-0.2, 0) is 4.79 Å². The highest BCUT2D eigenvalue weighted by Crippen LogP contribution is 2.40. The van der Waals surface area contributed by atoms with Crippen LogP contribution >= 0.6 is 11.8 Å². The quantitative estimate of drug-likeness (QED) is 0.596. The van der Waals surface area contributed by atoms with Gasteiger partial charge >= 0.3 is 0 Å². The fourth-order valence-corrected chi connectivity index (χ4v) is 5.05. The molecule has 0 bridgehead atoms. The molecule has 1 aliphatic heterocycles. The molecule has 0 unspecified atom stereocenters. The standard InChI is InChI=1S/C24H26N2O2S/c1-17-8-6-7-11-21(17)26-23(27)22(16-18-12-14-20(28-2)15-13-18)29-24(26)25-19-9-4-3-5-10-19/h3-5,9-10,12-17,21H,6-8,11H2,1-2H3/b22-16-,25-24?/t17-,21-/m0/s1. The Kier molecular flexibility index (Phi) is 6.05. The van der Waals surface area contributed by atoms with Crippen LogP contribution in [0.4, 0.5) is 5.69 Å². The summed E-state index contributed by atoms with van der Waals surface area (Å²) < 4.78 is 5.23. The van der Waals surface area contributed by atoms with Gasteiger partial charge in [-0.25, -0.2) is 4.99 Å². The summed E-state index contributed by atoms with van der Waals surface area (Å²) >= 11 is 1.48. The number of benzene rings is 2. The zero-order chi connectivity index (χ0) is 20.2. The number of amides is 1. The van der Waals surface area contributed by atoms with E-state index >= 15 is 0 Å². The molecule has 0 aromatic heterocycles. The van der Waals surface area contributed by atoms with Gasteiger partial charge in [0.25, 0.3) is 5.91 Å². The number of carbonyl (C=O) groups is 1. The highest BCUT2D eigenvalue weighted by Gasteiger charge is 2.41. The van der Waals surface area contributed by atoms with Gasteiger partial charge in [-0.15, -0.1) is 0 Å². The number of para-hydroxylation sites is 1. The number of amidine groups is 1. The van der Waals surface area contributed by atoms with Gasteiger partial charge < -0.3 is 4.74 Å². The lowest BCUT2D eigenvalue weighted by atomic mass is 9.85. The summed E-state index contributed by atoms with van der Waals surface area (Å²) in [7, 11) is 1.65. The number of hydrogen-bond donors (Lipinski definition) is 0. The first-order chi connectivity index (χ1) is 14.2. The van der Waals surface area contributed by atoms with E-state index < -0.39 is 0 Å². The van der Waals surface area contributed by atoms with Gasteiger partial charge in [0.2, 0.25) is 0 Å². The molecule has 1 aliphatic carbocycles. The van der Waals surface area contributed by atoms with E-state index in [0.717, 1.165) is 39.9 Å². The number of aliphatic imine (C=N–C) groups is 1. The van der Waals surface area contributed by atoms with E-state index in [4.69, 9.17) is 9.73 Å².